The molecule has 0 bridgehead atoms. The Morgan fingerprint density at radius 1 is 1.07 bits per heavy atom. The maximum atomic E-state index is 13.5. The predicted octanol–water partition coefficient (Wildman–Crippen LogP) is 6.50. The molecule has 2 saturated carbocycles. The van der Waals surface area contributed by atoms with Crippen LogP contribution in [0.25, 0.3) is 21.0 Å². The average molecular weight is 593 g/mol. The number of nitrogens with one attached hydrogen (secondary N) is 1. The molecule has 1 amide bonds. The van der Waals surface area contributed by atoms with Gasteiger partial charge < -0.3 is 15.0 Å². The molecule has 3 fully saturated rings. The first-order valence-corrected chi connectivity index (χ1v) is 17.0. The number of nitriles is 1. The van der Waals surface area contributed by atoms with Gasteiger partial charge in [0.2, 0.25) is 5.91 Å². The first kappa shape index (κ1) is 28.0. The number of ether oxygens (including phenoxy) is 1. The molecule has 0 unspecified atom stereocenters. The number of rotatable bonds is 7. The minimum atomic E-state index is -2.45. The Labute approximate surface area is 246 Å². The highest BCUT2D eigenvalue weighted by Crippen LogP contribution is 2.47. The first-order valence-electron chi connectivity index (χ1n) is 14.3. The lowest BCUT2D eigenvalue weighted by Gasteiger charge is -2.41. The lowest BCUT2D eigenvalue weighted by Crippen LogP contribution is -2.42. The molecule has 2 aliphatic carbocycles. The minimum Gasteiger partial charge on any atom is -0.497 e. The zero-order valence-electron chi connectivity index (χ0n) is 23.2. The van der Waals surface area contributed by atoms with Crippen LogP contribution in [0.5, 0.6) is 5.75 Å². The number of amides is 1. The second-order valence-corrected chi connectivity index (χ2v) is 14.8. The molecule has 1 aromatic heterocycles. The van der Waals surface area contributed by atoms with Crippen molar-refractivity contribution in [1.29, 1.82) is 5.26 Å². The third-order valence-corrected chi connectivity index (χ3v) is 11.5. The molecule has 216 valence electrons. The van der Waals surface area contributed by atoms with Crippen molar-refractivity contribution < 1.29 is 18.6 Å². The highest BCUT2D eigenvalue weighted by atomic mass is 32.3. The number of carbonyl (C=O) groups excluding carboxylic acids is 1. The molecule has 2 atom stereocenters. The van der Waals surface area contributed by atoms with Crippen molar-refractivity contribution >= 4 is 33.5 Å². The summed E-state index contributed by atoms with van der Waals surface area (Å²) in [4.78, 5) is 22.0. The summed E-state index contributed by atoms with van der Waals surface area (Å²) in [6.07, 6.45) is 5.15. The van der Waals surface area contributed by atoms with Gasteiger partial charge in [0, 0.05) is 36.2 Å². The van der Waals surface area contributed by atoms with Gasteiger partial charge in [-0.3, -0.25) is 13.9 Å². The third-order valence-electron chi connectivity index (χ3n) is 8.64. The summed E-state index contributed by atoms with van der Waals surface area (Å²) in [5.41, 5.74) is 3.40. The fourth-order valence-corrected chi connectivity index (χ4v) is 8.32. The SMILES string of the molecule is COc1ccc(-c2nc([C@@H]3CCCC[C@H]3C(=O)NC3(C#N)CC3)c(-c3ccc(N4CCS(O)(O)CC4)cc3)s2)cc1. The summed E-state index contributed by atoms with van der Waals surface area (Å²) in [6, 6.07) is 18.6. The van der Waals surface area contributed by atoms with Gasteiger partial charge >= 0.3 is 0 Å². The second-order valence-electron chi connectivity index (χ2n) is 11.4. The molecular formula is C31H36N4O4S2. The van der Waals surface area contributed by atoms with Crippen LogP contribution >= 0.6 is 21.9 Å². The van der Waals surface area contributed by atoms with E-state index in [1.165, 1.54) is 0 Å². The Kier molecular flexibility index (Phi) is 7.72. The van der Waals surface area contributed by atoms with E-state index in [4.69, 9.17) is 9.72 Å². The highest BCUT2D eigenvalue weighted by Gasteiger charge is 2.47. The Balaban J connectivity index is 1.34. The molecule has 6 rings (SSSR count). The number of aromatic nitrogens is 1. The number of hydrogen-bond acceptors (Lipinski definition) is 8. The van der Waals surface area contributed by atoms with Crippen LogP contribution < -0.4 is 15.0 Å². The summed E-state index contributed by atoms with van der Waals surface area (Å²) in [5, 5.41) is 13.6. The molecule has 1 saturated heterocycles. The van der Waals surface area contributed by atoms with E-state index in [2.05, 4.69) is 40.6 Å². The maximum absolute atomic E-state index is 13.5. The van der Waals surface area contributed by atoms with E-state index in [-0.39, 0.29) is 17.7 Å². The zero-order chi connectivity index (χ0) is 28.6. The van der Waals surface area contributed by atoms with E-state index >= 15 is 0 Å². The molecule has 1 aliphatic heterocycles. The van der Waals surface area contributed by atoms with Crippen molar-refractivity contribution in [3.63, 3.8) is 0 Å². The van der Waals surface area contributed by atoms with Crippen molar-refractivity contribution in [2.75, 3.05) is 36.6 Å². The van der Waals surface area contributed by atoms with Crippen LogP contribution in [0.15, 0.2) is 48.5 Å². The smallest absolute Gasteiger partial charge is 0.225 e. The van der Waals surface area contributed by atoms with Crippen LogP contribution in [-0.4, -0.2) is 57.2 Å². The summed E-state index contributed by atoms with van der Waals surface area (Å²) < 4.78 is 25.4. The fraction of sp³-hybridized carbons (Fsp3) is 0.452. The number of methoxy groups -OCH3 is 1. The van der Waals surface area contributed by atoms with Gasteiger partial charge in [0.1, 0.15) is 16.3 Å². The van der Waals surface area contributed by atoms with E-state index in [0.717, 1.165) is 76.7 Å². The van der Waals surface area contributed by atoms with Gasteiger partial charge in [-0.1, -0.05) is 25.0 Å². The molecule has 41 heavy (non-hydrogen) atoms. The first-order chi connectivity index (χ1) is 19.8. The van der Waals surface area contributed by atoms with Crippen molar-refractivity contribution in [3.8, 4) is 32.8 Å². The minimum absolute atomic E-state index is 0.0230. The van der Waals surface area contributed by atoms with E-state index in [9.17, 15) is 19.2 Å². The number of anilines is 1. The van der Waals surface area contributed by atoms with Crippen LogP contribution in [-0.2, 0) is 4.79 Å². The normalized spacial score (nSPS) is 23.7. The highest BCUT2D eigenvalue weighted by molar-refractivity contribution is 8.24. The van der Waals surface area contributed by atoms with Crippen LogP contribution in [0.3, 0.4) is 0 Å². The molecule has 3 aliphatic rings. The van der Waals surface area contributed by atoms with E-state index < -0.39 is 16.1 Å². The molecule has 2 heterocycles. The van der Waals surface area contributed by atoms with Crippen LogP contribution in [0.2, 0.25) is 0 Å². The van der Waals surface area contributed by atoms with E-state index in [1.807, 2.05) is 24.3 Å². The second kappa shape index (κ2) is 11.3. The Morgan fingerprint density at radius 2 is 1.73 bits per heavy atom. The largest absolute Gasteiger partial charge is 0.497 e. The van der Waals surface area contributed by atoms with Gasteiger partial charge in [0.25, 0.3) is 0 Å². The summed E-state index contributed by atoms with van der Waals surface area (Å²) in [5.74, 6) is 1.32. The van der Waals surface area contributed by atoms with Crippen molar-refractivity contribution in [2.24, 2.45) is 5.92 Å². The van der Waals surface area contributed by atoms with Gasteiger partial charge in [-0.2, -0.15) is 15.9 Å². The standard InChI is InChI=1S/C31H36N4O4S2/c1-39-24-12-8-22(9-13-24)30-33-27(25-4-2-3-5-26(25)29(36)34-31(20-32)14-15-31)28(40-30)21-6-10-23(11-7-21)35-16-18-41(37,38)19-17-35/h6-13,25-26,37-38H,2-5,14-19H2,1H3,(H,34,36)/t25-,26-/m1/s1. The summed E-state index contributed by atoms with van der Waals surface area (Å²) in [6.45, 7) is 1.25. The molecule has 10 heteroatoms. The lowest BCUT2D eigenvalue weighted by molar-refractivity contribution is -0.127. The van der Waals surface area contributed by atoms with Gasteiger partial charge in [-0.25, -0.2) is 4.98 Å². The average Bonchev–Trinajstić information content (AvgIpc) is 3.63. The molecule has 2 aromatic carbocycles. The van der Waals surface area contributed by atoms with Crippen LogP contribution in [0, 0.1) is 17.2 Å². The predicted molar refractivity (Wildman–Crippen MR) is 165 cm³/mol. The molecule has 3 aromatic rings. The Morgan fingerprint density at radius 3 is 2.37 bits per heavy atom. The van der Waals surface area contributed by atoms with E-state index in [0.29, 0.717) is 24.6 Å². The number of carbonyl (C=O) groups is 1. The van der Waals surface area contributed by atoms with Gasteiger partial charge in [0.05, 0.1) is 35.3 Å². The molecule has 3 N–H and O–H groups in total. The maximum Gasteiger partial charge on any atom is 0.225 e. The van der Waals surface area contributed by atoms with Crippen LogP contribution in [0.1, 0.15) is 50.1 Å². The number of nitrogens with zero attached hydrogens (tertiary/aromatic N) is 3. The summed E-state index contributed by atoms with van der Waals surface area (Å²) in [7, 11) is -0.797. The Bertz CT molecular complexity index is 1430. The van der Waals surface area contributed by atoms with E-state index in [1.54, 1.807) is 18.4 Å². The molecule has 0 radical (unpaired) electrons. The monoisotopic (exact) mass is 592 g/mol. The molecule has 0 spiro atoms. The number of hydrogen-bond donors (Lipinski definition) is 3. The lowest BCUT2D eigenvalue weighted by atomic mass is 9.76. The third kappa shape index (κ3) is 5.95. The number of thiazole rings is 1. The number of benzene rings is 2. The molecule has 8 nitrogen and oxygen atoms in total. The van der Waals surface area contributed by atoms with Gasteiger partial charge in [-0.05, 0) is 67.6 Å². The van der Waals surface area contributed by atoms with Crippen molar-refractivity contribution in [1.82, 2.24) is 10.3 Å². The quantitative estimate of drug-likeness (QED) is 0.286. The topological polar surface area (TPSA) is 119 Å². The van der Waals surface area contributed by atoms with Gasteiger partial charge in [-0.15, -0.1) is 11.3 Å². The van der Waals surface area contributed by atoms with Crippen molar-refractivity contribution in [3.05, 3.63) is 54.2 Å². The van der Waals surface area contributed by atoms with Gasteiger partial charge in [0.15, 0.2) is 0 Å². The summed E-state index contributed by atoms with van der Waals surface area (Å²) >= 11 is 1.65. The van der Waals surface area contributed by atoms with Crippen molar-refractivity contribution in [2.45, 2.75) is 50.0 Å². The Hall–Kier alpha value is -3.10. The van der Waals surface area contributed by atoms with Crippen LogP contribution in [0.4, 0.5) is 5.69 Å². The fourth-order valence-electron chi connectivity index (χ4n) is 5.95. The molecular weight excluding hydrogens is 556 g/mol. The zero-order valence-corrected chi connectivity index (χ0v) is 24.8.